The third-order valence-corrected chi connectivity index (χ3v) is 5.69. The molecule has 28 heavy (non-hydrogen) atoms. The van der Waals surface area contributed by atoms with Gasteiger partial charge >= 0.3 is 0 Å². The summed E-state index contributed by atoms with van der Waals surface area (Å²) in [6, 6.07) is 12.7. The second-order valence-electron chi connectivity index (χ2n) is 6.10. The molecule has 0 aliphatic carbocycles. The van der Waals surface area contributed by atoms with Crippen LogP contribution in [0.25, 0.3) is 21.8 Å². The van der Waals surface area contributed by atoms with Gasteiger partial charge in [-0.25, -0.2) is 9.97 Å². The molecule has 0 aliphatic rings. The van der Waals surface area contributed by atoms with Gasteiger partial charge in [0.2, 0.25) is 5.91 Å². The monoisotopic (exact) mass is 408 g/mol. The number of thiazole rings is 1. The number of amides is 1. The highest BCUT2D eigenvalue weighted by Gasteiger charge is 2.09. The Kier molecular flexibility index (Phi) is 5.14. The van der Waals surface area contributed by atoms with Gasteiger partial charge in [0.25, 0.3) is 5.56 Å². The maximum atomic E-state index is 12.4. The van der Waals surface area contributed by atoms with Crippen LogP contribution in [0.4, 0.5) is 5.69 Å². The third kappa shape index (κ3) is 4.08. The fourth-order valence-corrected chi connectivity index (χ4v) is 4.03. The lowest BCUT2D eigenvalue weighted by molar-refractivity contribution is -0.116. The van der Waals surface area contributed by atoms with Crippen LogP contribution < -0.4 is 10.9 Å². The van der Waals surface area contributed by atoms with Crippen LogP contribution in [-0.2, 0) is 11.3 Å². The smallest absolute Gasteiger partial charge is 0.254 e. The molecule has 0 radical (unpaired) electrons. The lowest BCUT2D eigenvalue weighted by Gasteiger charge is -2.08. The van der Waals surface area contributed by atoms with Crippen LogP contribution in [0, 0.1) is 6.92 Å². The van der Waals surface area contributed by atoms with E-state index in [0.29, 0.717) is 11.4 Å². The first-order valence-electron chi connectivity index (χ1n) is 8.51. The number of anilines is 1. The van der Waals surface area contributed by atoms with E-state index >= 15 is 0 Å². The molecule has 6 nitrogen and oxygen atoms in total. The Bertz CT molecular complexity index is 1180. The molecule has 4 aromatic rings. The van der Waals surface area contributed by atoms with Crippen molar-refractivity contribution in [3.63, 3.8) is 0 Å². The van der Waals surface area contributed by atoms with E-state index in [1.54, 1.807) is 11.3 Å². The number of carbonyl (C=O) groups is 1. The predicted molar refractivity (Wildman–Crippen MR) is 113 cm³/mol. The van der Waals surface area contributed by atoms with Crippen LogP contribution in [0.1, 0.15) is 5.01 Å². The van der Waals surface area contributed by atoms with Gasteiger partial charge in [-0.05, 0) is 30.5 Å². The highest BCUT2D eigenvalue weighted by Crippen LogP contribution is 2.24. The minimum Gasteiger partial charge on any atom is -0.325 e. The fourth-order valence-electron chi connectivity index (χ4n) is 2.71. The zero-order valence-electron chi connectivity index (χ0n) is 15.0. The number of rotatable bonds is 5. The molecule has 0 saturated heterocycles. The molecule has 0 spiro atoms. The molecular formula is C20H16N4O2S2. The highest BCUT2D eigenvalue weighted by atomic mass is 32.1. The van der Waals surface area contributed by atoms with Gasteiger partial charge in [0.1, 0.15) is 6.54 Å². The lowest BCUT2D eigenvalue weighted by Crippen LogP contribution is -2.27. The molecule has 0 unspecified atom stereocenters. The molecule has 0 bridgehead atoms. The summed E-state index contributed by atoms with van der Waals surface area (Å²) in [5, 5.41) is 7.73. The Morgan fingerprint density at radius 3 is 2.75 bits per heavy atom. The van der Waals surface area contributed by atoms with Crippen molar-refractivity contribution in [1.82, 2.24) is 14.5 Å². The van der Waals surface area contributed by atoms with Crippen molar-refractivity contribution >= 4 is 34.3 Å². The van der Waals surface area contributed by atoms with Crippen LogP contribution >= 0.6 is 22.7 Å². The van der Waals surface area contributed by atoms with E-state index in [1.807, 2.05) is 54.1 Å². The number of carbonyl (C=O) groups excluding carboxylic acids is 1. The summed E-state index contributed by atoms with van der Waals surface area (Å²) in [5.74, 6) is -0.292. The lowest BCUT2D eigenvalue weighted by atomic mass is 10.1. The van der Waals surface area contributed by atoms with Gasteiger partial charge in [0.15, 0.2) is 0 Å². The van der Waals surface area contributed by atoms with Crippen LogP contribution in [0.3, 0.4) is 0 Å². The first kappa shape index (κ1) is 18.3. The van der Waals surface area contributed by atoms with E-state index in [4.69, 9.17) is 0 Å². The summed E-state index contributed by atoms with van der Waals surface area (Å²) < 4.78 is 1.29. The Balaban J connectivity index is 1.47. The van der Waals surface area contributed by atoms with Crippen molar-refractivity contribution in [3.05, 3.63) is 74.9 Å². The quantitative estimate of drug-likeness (QED) is 0.541. The van der Waals surface area contributed by atoms with Crippen molar-refractivity contribution in [2.24, 2.45) is 0 Å². The molecule has 140 valence electrons. The number of hydrogen-bond donors (Lipinski definition) is 1. The van der Waals surface area contributed by atoms with Crippen molar-refractivity contribution in [2.75, 3.05) is 5.32 Å². The minimum atomic E-state index is -0.292. The van der Waals surface area contributed by atoms with Crippen LogP contribution in [-0.4, -0.2) is 20.4 Å². The van der Waals surface area contributed by atoms with Crippen LogP contribution in [0.5, 0.6) is 0 Å². The number of aryl methyl sites for hydroxylation is 1. The molecule has 1 aromatic carbocycles. The molecule has 8 heteroatoms. The van der Waals surface area contributed by atoms with Gasteiger partial charge in [-0.2, -0.15) is 0 Å². The SMILES string of the molecule is Cc1nc(-c2cccc(NC(=O)Cn3cnc(-c4cccs4)cc3=O)c2)cs1. The van der Waals surface area contributed by atoms with Gasteiger partial charge in [0, 0.05) is 22.7 Å². The zero-order chi connectivity index (χ0) is 19.5. The van der Waals surface area contributed by atoms with Gasteiger partial charge < -0.3 is 5.32 Å². The first-order chi connectivity index (χ1) is 13.6. The Labute approximate surface area is 169 Å². The average molecular weight is 409 g/mol. The number of aromatic nitrogens is 3. The van der Waals surface area contributed by atoms with Gasteiger partial charge in [-0.15, -0.1) is 22.7 Å². The molecule has 0 saturated carbocycles. The predicted octanol–water partition coefficient (Wildman–Crippen LogP) is 4.04. The molecule has 1 amide bonds. The van der Waals surface area contributed by atoms with E-state index in [0.717, 1.165) is 21.1 Å². The maximum absolute atomic E-state index is 12.4. The fraction of sp³-hybridized carbons (Fsp3) is 0.100. The zero-order valence-corrected chi connectivity index (χ0v) is 16.6. The molecule has 4 rings (SSSR count). The number of thiophene rings is 1. The van der Waals surface area contributed by atoms with E-state index in [-0.39, 0.29) is 18.0 Å². The largest absolute Gasteiger partial charge is 0.325 e. The van der Waals surface area contributed by atoms with E-state index < -0.39 is 0 Å². The number of nitrogens with one attached hydrogen (secondary N) is 1. The summed E-state index contributed by atoms with van der Waals surface area (Å²) in [4.78, 5) is 34.4. The number of nitrogens with zero attached hydrogens (tertiary/aromatic N) is 3. The molecular weight excluding hydrogens is 392 g/mol. The summed E-state index contributed by atoms with van der Waals surface area (Å²) >= 11 is 3.09. The summed E-state index contributed by atoms with van der Waals surface area (Å²) in [7, 11) is 0. The molecule has 3 heterocycles. The molecule has 3 aromatic heterocycles. The molecule has 1 N–H and O–H groups in total. The van der Waals surface area contributed by atoms with E-state index in [2.05, 4.69) is 15.3 Å². The molecule has 0 atom stereocenters. The Hall–Kier alpha value is -3.10. The number of hydrogen-bond acceptors (Lipinski definition) is 6. The minimum absolute atomic E-state index is 0.101. The maximum Gasteiger partial charge on any atom is 0.254 e. The highest BCUT2D eigenvalue weighted by molar-refractivity contribution is 7.13. The van der Waals surface area contributed by atoms with Crippen molar-refractivity contribution in [3.8, 4) is 21.8 Å². The Morgan fingerprint density at radius 1 is 1.14 bits per heavy atom. The number of benzene rings is 1. The van der Waals surface area contributed by atoms with Crippen LogP contribution in [0.15, 0.2) is 64.3 Å². The summed E-state index contributed by atoms with van der Waals surface area (Å²) in [6.45, 7) is 1.85. The van der Waals surface area contributed by atoms with Crippen molar-refractivity contribution < 1.29 is 4.79 Å². The normalized spacial score (nSPS) is 10.8. The van der Waals surface area contributed by atoms with Crippen molar-refractivity contribution in [1.29, 1.82) is 0 Å². The standard InChI is InChI=1S/C20H16N4O2S2/c1-13-22-17(11-28-13)14-4-2-5-15(8-14)23-19(25)10-24-12-21-16(9-20(24)26)18-6-3-7-27-18/h2-9,11-12H,10H2,1H3,(H,23,25). The average Bonchev–Trinajstić information content (AvgIpc) is 3.35. The van der Waals surface area contributed by atoms with Crippen LogP contribution in [0.2, 0.25) is 0 Å². The summed E-state index contributed by atoms with van der Waals surface area (Å²) in [5.41, 5.74) is 2.82. The van der Waals surface area contributed by atoms with E-state index in [9.17, 15) is 9.59 Å². The second kappa shape index (κ2) is 7.87. The third-order valence-electron chi connectivity index (χ3n) is 4.03. The van der Waals surface area contributed by atoms with Crippen molar-refractivity contribution in [2.45, 2.75) is 13.5 Å². The van der Waals surface area contributed by atoms with Gasteiger partial charge in [-0.3, -0.25) is 14.2 Å². The van der Waals surface area contributed by atoms with E-state index in [1.165, 1.54) is 28.3 Å². The Morgan fingerprint density at radius 2 is 2.04 bits per heavy atom. The van der Waals surface area contributed by atoms with Gasteiger partial charge in [0.05, 0.1) is 27.6 Å². The summed E-state index contributed by atoms with van der Waals surface area (Å²) in [6.07, 6.45) is 1.41. The molecule has 0 fully saturated rings. The topological polar surface area (TPSA) is 76.9 Å². The molecule has 0 aliphatic heterocycles. The first-order valence-corrected chi connectivity index (χ1v) is 10.3. The van der Waals surface area contributed by atoms with Gasteiger partial charge in [-0.1, -0.05) is 18.2 Å². The second-order valence-corrected chi connectivity index (χ2v) is 8.11.